The first-order chi connectivity index (χ1) is 12.6. The number of hydrogen-bond donors (Lipinski definition) is 3. The van der Waals surface area contributed by atoms with E-state index >= 15 is 0 Å². The van der Waals surface area contributed by atoms with Crippen molar-refractivity contribution in [3.8, 4) is 11.3 Å². The third-order valence-electron chi connectivity index (χ3n) is 4.15. The van der Waals surface area contributed by atoms with E-state index in [1.807, 2.05) is 44.4 Å². The van der Waals surface area contributed by atoms with Crippen LogP contribution in [0.2, 0.25) is 0 Å². The van der Waals surface area contributed by atoms with Gasteiger partial charge in [-0.05, 0) is 49.4 Å². The molecule has 0 unspecified atom stereocenters. The van der Waals surface area contributed by atoms with Gasteiger partial charge in [-0.2, -0.15) is 0 Å². The molecule has 0 radical (unpaired) electrons. The van der Waals surface area contributed by atoms with Crippen molar-refractivity contribution in [2.24, 2.45) is 0 Å². The van der Waals surface area contributed by atoms with E-state index in [2.05, 4.69) is 21.7 Å². The number of para-hydroxylation sites is 2. The fraction of sp³-hybridized carbons (Fsp3) is 0.143. The van der Waals surface area contributed by atoms with Gasteiger partial charge in [0.1, 0.15) is 0 Å². The lowest BCUT2D eigenvalue weighted by Gasteiger charge is -2.10. The number of nitrogens with zero attached hydrogens (tertiary/aromatic N) is 1. The van der Waals surface area contributed by atoms with Crippen LogP contribution < -0.4 is 16.4 Å². The molecule has 1 amide bonds. The summed E-state index contributed by atoms with van der Waals surface area (Å²) in [7, 11) is 1.91. The molecule has 0 aliphatic carbocycles. The molecule has 26 heavy (non-hydrogen) atoms. The number of carbonyl (C=O) groups excluding carboxylic acids is 1. The average molecular weight is 346 g/mol. The minimum atomic E-state index is -0.191. The zero-order chi connectivity index (χ0) is 18.5. The second kappa shape index (κ2) is 7.80. The number of aromatic nitrogens is 1. The van der Waals surface area contributed by atoms with Gasteiger partial charge >= 0.3 is 0 Å². The van der Waals surface area contributed by atoms with Crippen LogP contribution in [-0.4, -0.2) is 17.9 Å². The quantitative estimate of drug-likeness (QED) is 0.617. The summed E-state index contributed by atoms with van der Waals surface area (Å²) in [6.07, 6.45) is 1.87. The monoisotopic (exact) mass is 346 g/mol. The van der Waals surface area contributed by atoms with Gasteiger partial charge in [-0.15, -0.1) is 0 Å². The maximum absolute atomic E-state index is 12.4. The molecular formula is C21H22N4O. The number of amides is 1. The van der Waals surface area contributed by atoms with E-state index in [-0.39, 0.29) is 5.91 Å². The number of benzene rings is 2. The number of hydrogen-bond acceptors (Lipinski definition) is 4. The third-order valence-corrected chi connectivity index (χ3v) is 4.15. The number of pyridine rings is 1. The highest BCUT2D eigenvalue weighted by atomic mass is 16.1. The fourth-order valence-electron chi connectivity index (χ4n) is 2.82. The Labute approximate surface area is 153 Å². The number of rotatable bonds is 5. The maximum Gasteiger partial charge on any atom is 0.255 e. The van der Waals surface area contributed by atoms with Crippen LogP contribution in [0.4, 0.5) is 11.4 Å². The molecule has 4 N–H and O–H groups in total. The number of nitrogen functional groups attached to an aromatic ring is 1. The summed E-state index contributed by atoms with van der Waals surface area (Å²) in [6.45, 7) is 2.83. The lowest BCUT2D eigenvalue weighted by molar-refractivity contribution is 0.102. The van der Waals surface area contributed by atoms with Gasteiger partial charge in [-0.25, -0.2) is 0 Å². The lowest BCUT2D eigenvalue weighted by atomic mass is 10.0. The summed E-state index contributed by atoms with van der Waals surface area (Å²) in [5.74, 6) is -0.191. The van der Waals surface area contributed by atoms with Gasteiger partial charge in [0.15, 0.2) is 0 Å². The second-order valence-electron chi connectivity index (χ2n) is 6.16. The number of aryl methyl sites for hydroxylation is 1. The van der Waals surface area contributed by atoms with Gasteiger partial charge in [-0.3, -0.25) is 9.78 Å². The van der Waals surface area contributed by atoms with Gasteiger partial charge < -0.3 is 16.4 Å². The number of nitrogens with two attached hydrogens (primary N) is 1. The normalized spacial score (nSPS) is 10.5. The van der Waals surface area contributed by atoms with Crippen molar-refractivity contribution >= 4 is 17.3 Å². The fourth-order valence-corrected chi connectivity index (χ4v) is 2.82. The summed E-state index contributed by atoms with van der Waals surface area (Å²) < 4.78 is 0. The highest BCUT2D eigenvalue weighted by Gasteiger charge is 2.10. The van der Waals surface area contributed by atoms with Crippen LogP contribution >= 0.6 is 0 Å². The Hall–Kier alpha value is -3.18. The van der Waals surface area contributed by atoms with E-state index in [1.165, 1.54) is 0 Å². The first kappa shape index (κ1) is 17.6. The molecule has 1 heterocycles. The highest BCUT2D eigenvalue weighted by Crippen LogP contribution is 2.23. The third kappa shape index (κ3) is 3.90. The molecule has 3 aromatic rings. The van der Waals surface area contributed by atoms with Crippen LogP contribution in [-0.2, 0) is 6.54 Å². The number of carbonyl (C=O) groups is 1. The average Bonchev–Trinajstić information content (AvgIpc) is 2.64. The summed E-state index contributed by atoms with van der Waals surface area (Å²) >= 11 is 0. The molecule has 0 saturated heterocycles. The molecule has 0 bridgehead atoms. The summed E-state index contributed by atoms with van der Waals surface area (Å²) in [6, 6.07) is 16.7. The second-order valence-corrected chi connectivity index (χ2v) is 6.16. The van der Waals surface area contributed by atoms with Crippen LogP contribution in [0.3, 0.4) is 0 Å². The topological polar surface area (TPSA) is 80.0 Å². The van der Waals surface area contributed by atoms with Gasteiger partial charge in [0.2, 0.25) is 0 Å². The molecule has 0 atom stereocenters. The largest absolute Gasteiger partial charge is 0.397 e. The zero-order valence-electron chi connectivity index (χ0n) is 14.9. The van der Waals surface area contributed by atoms with E-state index in [0.717, 1.165) is 28.9 Å². The predicted octanol–water partition coefficient (Wildman–Crippen LogP) is 3.61. The molecule has 0 aliphatic rings. The van der Waals surface area contributed by atoms with Crippen LogP contribution in [0.15, 0.2) is 60.8 Å². The Kier molecular flexibility index (Phi) is 5.29. The van der Waals surface area contributed by atoms with Gasteiger partial charge in [-0.1, -0.05) is 30.3 Å². The molecule has 3 rings (SSSR count). The van der Waals surface area contributed by atoms with E-state index in [1.54, 1.807) is 24.3 Å². The SMILES string of the molecule is CNCc1cnc(-c2ccc(C(=O)Nc3ccccc3N)cc2)c(C)c1. The summed E-state index contributed by atoms with van der Waals surface area (Å²) in [5.41, 5.74) is 11.7. The van der Waals surface area contributed by atoms with Crippen molar-refractivity contribution in [3.63, 3.8) is 0 Å². The molecule has 132 valence electrons. The van der Waals surface area contributed by atoms with Crippen molar-refractivity contribution in [1.82, 2.24) is 10.3 Å². The number of nitrogens with one attached hydrogen (secondary N) is 2. The van der Waals surface area contributed by atoms with Gasteiger partial charge in [0, 0.05) is 23.9 Å². The molecule has 0 spiro atoms. The first-order valence-corrected chi connectivity index (χ1v) is 8.45. The van der Waals surface area contributed by atoms with Gasteiger partial charge in [0.05, 0.1) is 17.1 Å². The van der Waals surface area contributed by atoms with Crippen molar-refractivity contribution in [2.75, 3.05) is 18.1 Å². The van der Waals surface area contributed by atoms with Crippen molar-refractivity contribution in [1.29, 1.82) is 0 Å². The number of anilines is 2. The minimum Gasteiger partial charge on any atom is -0.397 e. The molecular weight excluding hydrogens is 324 g/mol. The Bertz CT molecular complexity index is 920. The van der Waals surface area contributed by atoms with E-state index < -0.39 is 0 Å². The smallest absolute Gasteiger partial charge is 0.255 e. The van der Waals surface area contributed by atoms with Crippen LogP contribution in [0.25, 0.3) is 11.3 Å². The Balaban J connectivity index is 1.78. The van der Waals surface area contributed by atoms with E-state index in [4.69, 9.17) is 5.73 Å². The summed E-state index contributed by atoms with van der Waals surface area (Å²) in [4.78, 5) is 17.0. The van der Waals surface area contributed by atoms with E-state index in [9.17, 15) is 4.79 Å². The predicted molar refractivity (Wildman–Crippen MR) is 106 cm³/mol. The molecule has 0 saturated carbocycles. The minimum absolute atomic E-state index is 0.191. The molecule has 0 fully saturated rings. The Morgan fingerprint density at radius 1 is 1.12 bits per heavy atom. The first-order valence-electron chi connectivity index (χ1n) is 8.45. The Morgan fingerprint density at radius 3 is 2.50 bits per heavy atom. The van der Waals surface area contributed by atoms with Crippen molar-refractivity contribution < 1.29 is 4.79 Å². The molecule has 2 aromatic carbocycles. The van der Waals surface area contributed by atoms with Gasteiger partial charge in [0.25, 0.3) is 5.91 Å². The van der Waals surface area contributed by atoms with Crippen LogP contribution in [0, 0.1) is 6.92 Å². The zero-order valence-corrected chi connectivity index (χ0v) is 14.9. The van der Waals surface area contributed by atoms with Crippen molar-refractivity contribution in [3.05, 3.63) is 77.5 Å². The van der Waals surface area contributed by atoms with Crippen molar-refractivity contribution in [2.45, 2.75) is 13.5 Å². The summed E-state index contributed by atoms with van der Waals surface area (Å²) in [5, 5.41) is 5.95. The molecule has 5 nitrogen and oxygen atoms in total. The highest BCUT2D eigenvalue weighted by molar-refractivity contribution is 6.05. The molecule has 0 aliphatic heterocycles. The maximum atomic E-state index is 12.4. The molecule has 1 aromatic heterocycles. The lowest BCUT2D eigenvalue weighted by Crippen LogP contribution is -2.13. The van der Waals surface area contributed by atoms with E-state index in [0.29, 0.717) is 16.9 Å². The standard InChI is InChI=1S/C21H22N4O/c1-14-11-15(12-23-2)13-24-20(14)16-7-9-17(10-8-16)21(26)25-19-6-4-3-5-18(19)22/h3-11,13,23H,12,22H2,1-2H3,(H,25,26). The van der Waals surface area contributed by atoms with Crippen LogP contribution in [0.1, 0.15) is 21.5 Å². The molecule has 5 heteroatoms. The Morgan fingerprint density at radius 2 is 1.85 bits per heavy atom. The van der Waals surface area contributed by atoms with Crippen LogP contribution in [0.5, 0.6) is 0 Å².